The highest BCUT2D eigenvalue weighted by Gasteiger charge is 2.46. The minimum absolute atomic E-state index is 0.272. The van der Waals surface area contributed by atoms with E-state index in [0.29, 0.717) is 28.6 Å². The first-order valence-corrected chi connectivity index (χ1v) is 11.0. The molecule has 0 amide bonds. The number of halogens is 2. The summed E-state index contributed by atoms with van der Waals surface area (Å²) in [5, 5.41) is 0. The molecule has 2 unspecified atom stereocenters. The molecule has 0 N–H and O–H groups in total. The van der Waals surface area contributed by atoms with Gasteiger partial charge in [0, 0.05) is 25.7 Å². The smallest absolute Gasteiger partial charge is 0.130 e. The first kappa shape index (κ1) is 17.3. The Morgan fingerprint density at radius 2 is 1.46 bits per heavy atom. The molecular formula is C21H24F2P+. The molecule has 1 aromatic rings. The topological polar surface area (TPSA) is 0 Å². The number of benzene rings is 1. The highest BCUT2D eigenvalue weighted by molar-refractivity contribution is 7.76. The summed E-state index contributed by atoms with van der Waals surface area (Å²) >= 11 is 0. The summed E-state index contributed by atoms with van der Waals surface area (Å²) < 4.78 is 28.5. The van der Waals surface area contributed by atoms with Crippen molar-refractivity contribution >= 4 is 7.26 Å². The molecule has 0 heterocycles. The second-order valence-electron chi connectivity index (χ2n) is 6.87. The maximum Gasteiger partial charge on any atom is 0.130 e. The Balaban J connectivity index is 2.01. The first-order chi connectivity index (χ1) is 11.5. The van der Waals surface area contributed by atoms with Crippen molar-refractivity contribution in [2.45, 2.75) is 37.2 Å². The van der Waals surface area contributed by atoms with Crippen molar-refractivity contribution < 1.29 is 8.78 Å². The molecule has 126 valence electrons. The number of hydrogen-bond donors (Lipinski definition) is 0. The van der Waals surface area contributed by atoms with Crippen LogP contribution in [0.4, 0.5) is 8.78 Å². The fraction of sp³-hybridized carbons (Fsp3) is 0.333. The molecule has 2 aliphatic rings. The van der Waals surface area contributed by atoms with Gasteiger partial charge in [-0.2, -0.15) is 0 Å². The predicted molar refractivity (Wildman–Crippen MR) is 101 cm³/mol. The van der Waals surface area contributed by atoms with Gasteiger partial charge in [-0.1, -0.05) is 36.5 Å². The summed E-state index contributed by atoms with van der Waals surface area (Å²) in [7, 11) is -1.60. The molecule has 0 bridgehead atoms. The average Bonchev–Trinajstić information content (AvgIpc) is 2.63. The molecule has 3 rings (SSSR count). The standard InChI is InChI=1S/C21H24F2P/c1-16-19(21(23)14-13-20(16)22)15-24(2,17-9-5-3-6-10-17)18-11-7-4-8-12-18/h3-9,11,13-14,17-18H,10,12,15H2,1-2H3/q+1. The molecule has 0 fully saturated rings. The highest BCUT2D eigenvalue weighted by Crippen LogP contribution is 2.69. The van der Waals surface area contributed by atoms with Crippen LogP contribution in [0.2, 0.25) is 0 Å². The van der Waals surface area contributed by atoms with E-state index in [1.165, 1.54) is 12.1 Å². The van der Waals surface area contributed by atoms with E-state index in [9.17, 15) is 8.78 Å². The van der Waals surface area contributed by atoms with E-state index in [2.05, 4.69) is 55.3 Å². The van der Waals surface area contributed by atoms with Gasteiger partial charge in [0.15, 0.2) is 0 Å². The zero-order valence-electron chi connectivity index (χ0n) is 14.3. The van der Waals surface area contributed by atoms with Gasteiger partial charge in [-0.25, -0.2) is 8.78 Å². The SMILES string of the molecule is Cc1c(F)ccc(F)c1C[P+](C)(C1C=CC=CC1)C1C=CC=CC1. The lowest BCUT2D eigenvalue weighted by Crippen LogP contribution is -2.24. The lowest BCUT2D eigenvalue weighted by molar-refractivity contribution is 0.582. The third kappa shape index (κ3) is 3.30. The molecule has 0 saturated heterocycles. The van der Waals surface area contributed by atoms with Crippen LogP contribution in [-0.4, -0.2) is 18.0 Å². The normalized spacial score (nSPS) is 25.0. The van der Waals surface area contributed by atoms with Gasteiger partial charge < -0.3 is 0 Å². The Hall–Kier alpha value is -1.53. The van der Waals surface area contributed by atoms with Crippen LogP contribution in [0.1, 0.15) is 24.0 Å². The van der Waals surface area contributed by atoms with Crippen LogP contribution < -0.4 is 0 Å². The van der Waals surface area contributed by atoms with Gasteiger partial charge in [0.05, 0.1) is 24.1 Å². The first-order valence-electron chi connectivity index (χ1n) is 8.47. The Morgan fingerprint density at radius 3 is 1.96 bits per heavy atom. The molecule has 0 nitrogen and oxygen atoms in total. The molecule has 1 aromatic carbocycles. The Morgan fingerprint density at radius 1 is 0.917 bits per heavy atom. The van der Waals surface area contributed by atoms with E-state index in [1.54, 1.807) is 6.92 Å². The lowest BCUT2D eigenvalue weighted by atomic mass is 10.1. The molecular weight excluding hydrogens is 321 g/mol. The van der Waals surface area contributed by atoms with E-state index in [1.807, 2.05) is 0 Å². The zero-order chi connectivity index (χ0) is 17.2. The van der Waals surface area contributed by atoms with Crippen molar-refractivity contribution in [2.24, 2.45) is 0 Å². The Bertz CT molecular complexity index is 698. The number of hydrogen-bond acceptors (Lipinski definition) is 0. The van der Waals surface area contributed by atoms with E-state index in [4.69, 9.17) is 0 Å². The second kappa shape index (κ2) is 7.15. The van der Waals surface area contributed by atoms with Crippen LogP contribution in [0.5, 0.6) is 0 Å². The summed E-state index contributed by atoms with van der Waals surface area (Å²) in [5.41, 5.74) is 1.88. The second-order valence-corrected chi connectivity index (χ2v) is 11.2. The van der Waals surface area contributed by atoms with Gasteiger partial charge in [-0.15, -0.1) is 0 Å². The molecule has 0 saturated carbocycles. The maximum absolute atomic E-state index is 14.5. The monoisotopic (exact) mass is 345 g/mol. The number of allylic oxidation sites excluding steroid dienone is 8. The third-order valence-electron chi connectivity index (χ3n) is 5.41. The zero-order valence-corrected chi connectivity index (χ0v) is 15.1. The summed E-state index contributed by atoms with van der Waals surface area (Å²) in [6.07, 6.45) is 19.9. The van der Waals surface area contributed by atoms with E-state index >= 15 is 0 Å². The van der Waals surface area contributed by atoms with Gasteiger partial charge in [-0.3, -0.25) is 0 Å². The molecule has 3 heteroatoms. The number of rotatable bonds is 4. The fourth-order valence-corrected chi connectivity index (χ4v) is 7.94. The molecule has 0 spiro atoms. The predicted octanol–water partition coefficient (Wildman–Crippen LogP) is 6.19. The van der Waals surface area contributed by atoms with Crippen LogP contribution in [0, 0.1) is 18.6 Å². The van der Waals surface area contributed by atoms with Gasteiger partial charge in [-0.05, 0) is 36.8 Å². The van der Waals surface area contributed by atoms with Crippen LogP contribution >= 0.6 is 7.26 Å². The van der Waals surface area contributed by atoms with Crippen LogP contribution in [0.3, 0.4) is 0 Å². The molecule has 0 aliphatic heterocycles. The summed E-state index contributed by atoms with van der Waals surface area (Å²) in [6.45, 7) is 4.03. The highest BCUT2D eigenvalue weighted by atomic mass is 31.2. The Kier molecular flexibility index (Phi) is 5.15. The average molecular weight is 345 g/mol. The summed E-state index contributed by atoms with van der Waals surface area (Å²) in [5.74, 6) is -0.582. The van der Waals surface area contributed by atoms with Crippen molar-refractivity contribution in [1.82, 2.24) is 0 Å². The van der Waals surface area contributed by atoms with Crippen molar-refractivity contribution in [3.05, 3.63) is 83.5 Å². The van der Waals surface area contributed by atoms with Crippen molar-refractivity contribution in [2.75, 3.05) is 6.66 Å². The minimum atomic E-state index is -1.60. The fourth-order valence-electron chi connectivity index (χ4n) is 3.72. The van der Waals surface area contributed by atoms with Crippen molar-refractivity contribution in [1.29, 1.82) is 0 Å². The lowest BCUT2D eigenvalue weighted by Gasteiger charge is -2.36. The van der Waals surface area contributed by atoms with Crippen LogP contribution in [-0.2, 0) is 6.16 Å². The van der Waals surface area contributed by atoms with Gasteiger partial charge in [0.2, 0.25) is 0 Å². The van der Waals surface area contributed by atoms with E-state index in [0.717, 1.165) is 12.8 Å². The largest absolute Gasteiger partial charge is 0.207 e. The van der Waals surface area contributed by atoms with E-state index < -0.39 is 7.26 Å². The van der Waals surface area contributed by atoms with Crippen LogP contribution in [0.25, 0.3) is 0 Å². The maximum atomic E-state index is 14.5. The van der Waals surface area contributed by atoms with Gasteiger partial charge >= 0.3 is 0 Å². The van der Waals surface area contributed by atoms with Gasteiger partial charge in [0.25, 0.3) is 0 Å². The summed E-state index contributed by atoms with van der Waals surface area (Å²) in [6, 6.07) is 2.51. The molecule has 0 radical (unpaired) electrons. The Labute approximate surface area is 144 Å². The molecule has 2 aliphatic carbocycles. The minimum Gasteiger partial charge on any atom is -0.207 e. The van der Waals surface area contributed by atoms with E-state index in [-0.39, 0.29) is 11.6 Å². The molecule has 2 atom stereocenters. The quantitative estimate of drug-likeness (QED) is 0.571. The molecule has 0 aromatic heterocycles. The van der Waals surface area contributed by atoms with Crippen molar-refractivity contribution in [3.8, 4) is 0 Å². The van der Waals surface area contributed by atoms with Crippen molar-refractivity contribution in [3.63, 3.8) is 0 Å². The third-order valence-corrected chi connectivity index (χ3v) is 10.2. The van der Waals surface area contributed by atoms with Crippen LogP contribution in [0.15, 0.2) is 60.7 Å². The summed E-state index contributed by atoms with van der Waals surface area (Å²) in [4.78, 5) is 0. The van der Waals surface area contributed by atoms with Gasteiger partial charge in [0.1, 0.15) is 11.6 Å². The molecule has 24 heavy (non-hydrogen) atoms.